The number of hydrogen-bond donors (Lipinski definition) is 2. The highest BCUT2D eigenvalue weighted by Crippen LogP contribution is 2.12. The van der Waals surface area contributed by atoms with E-state index >= 15 is 0 Å². The fourth-order valence-corrected chi connectivity index (χ4v) is 2.41. The van der Waals surface area contributed by atoms with Crippen molar-refractivity contribution in [2.45, 2.75) is 38.4 Å². The van der Waals surface area contributed by atoms with Crippen molar-refractivity contribution in [1.82, 2.24) is 0 Å². The molecule has 3 heteroatoms. The molecule has 0 rings (SSSR count). The number of unbranched alkanes of at least 4 members (excludes halogenated alkanes) is 2. The molecule has 0 aliphatic rings. The molecule has 0 unspecified atom stereocenters. The van der Waals surface area contributed by atoms with Crippen LogP contribution in [0.3, 0.4) is 0 Å². The van der Waals surface area contributed by atoms with Crippen molar-refractivity contribution in [1.29, 1.82) is 0 Å². The van der Waals surface area contributed by atoms with E-state index < -0.39 is 8.07 Å². The Morgan fingerprint density at radius 2 is 1.82 bits per heavy atom. The third kappa shape index (κ3) is 6.53. The maximum atomic E-state index is 8.54. The SMILES string of the molecule is C[Si](C)(CN)CCCCCO. The summed E-state index contributed by atoms with van der Waals surface area (Å²) in [5.74, 6) is 0. The summed E-state index contributed by atoms with van der Waals surface area (Å²) < 4.78 is 0. The first-order valence-electron chi connectivity index (χ1n) is 4.43. The summed E-state index contributed by atoms with van der Waals surface area (Å²) in [6.45, 7) is 4.99. The van der Waals surface area contributed by atoms with Gasteiger partial charge < -0.3 is 10.8 Å². The maximum Gasteiger partial charge on any atom is 0.0623 e. The fraction of sp³-hybridized carbons (Fsp3) is 1.00. The summed E-state index contributed by atoms with van der Waals surface area (Å²) in [4.78, 5) is 0. The Bertz CT molecular complexity index is 96.1. The Morgan fingerprint density at radius 3 is 2.27 bits per heavy atom. The van der Waals surface area contributed by atoms with Crippen LogP contribution in [0.5, 0.6) is 0 Å². The minimum absolute atomic E-state index is 0.338. The molecule has 0 aromatic heterocycles. The van der Waals surface area contributed by atoms with Crippen LogP contribution < -0.4 is 5.73 Å². The summed E-state index contributed by atoms with van der Waals surface area (Å²) in [6, 6.07) is 1.31. The van der Waals surface area contributed by atoms with Crippen LogP contribution in [-0.2, 0) is 0 Å². The Labute approximate surface area is 70.8 Å². The van der Waals surface area contributed by atoms with Crippen molar-refractivity contribution in [3.63, 3.8) is 0 Å². The second-order valence-corrected chi connectivity index (χ2v) is 9.14. The summed E-state index contributed by atoms with van der Waals surface area (Å²) in [7, 11) is -1.03. The average Bonchev–Trinajstić information content (AvgIpc) is 1.99. The maximum absolute atomic E-state index is 8.54. The van der Waals surface area contributed by atoms with E-state index in [0.717, 1.165) is 19.0 Å². The van der Waals surface area contributed by atoms with Crippen molar-refractivity contribution in [3.05, 3.63) is 0 Å². The van der Waals surface area contributed by atoms with E-state index in [4.69, 9.17) is 10.8 Å². The standard InChI is InChI=1S/C8H21NOSi/c1-11(2,8-9)7-5-3-4-6-10/h10H,3-9H2,1-2H3. The second-order valence-electron chi connectivity index (χ2n) is 3.90. The van der Waals surface area contributed by atoms with Gasteiger partial charge in [-0.3, -0.25) is 0 Å². The molecule has 2 nitrogen and oxygen atoms in total. The molecule has 0 spiro atoms. The first-order chi connectivity index (χ1) is 5.12. The Balaban J connectivity index is 3.23. The molecule has 68 valence electrons. The van der Waals surface area contributed by atoms with Gasteiger partial charge in [-0.2, -0.15) is 0 Å². The zero-order valence-corrected chi connectivity index (χ0v) is 8.77. The van der Waals surface area contributed by atoms with Crippen molar-refractivity contribution < 1.29 is 5.11 Å². The highest BCUT2D eigenvalue weighted by Gasteiger charge is 2.16. The number of aliphatic hydroxyl groups is 1. The van der Waals surface area contributed by atoms with E-state index in [-0.39, 0.29) is 0 Å². The van der Waals surface area contributed by atoms with Gasteiger partial charge in [0.25, 0.3) is 0 Å². The monoisotopic (exact) mass is 175 g/mol. The first kappa shape index (κ1) is 11.1. The summed E-state index contributed by atoms with van der Waals surface area (Å²) in [5.41, 5.74) is 5.63. The Hall–Kier alpha value is 0.137. The van der Waals surface area contributed by atoms with Gasteiger partial charge in [0.15, 0.2) is 0 Å². The highest BCUT2D eigenvalue weighted by molar-refractivity contribution is 6.77. The number of aliphatic hydroxyl groups excluding tert-OH is 1. The molecule has 0 saturated heterocycles. The van der Waals surface area contributed by atoms with Crippen molar-refractivity contribution in [2.75, 3.05) is 12.8 Å². The quantitative estimate of drug-likeness (QED) is 0.473. The zero-order chi connectivity index (χ0) is 8.74. The van der Waals surface area contributed by atoms with E-state index in [1.807, 2.05) is 0 Å². The lowest BCUT2D eigenvalue weighted by atomic mass is 10.3. The van der Waals surface area contributed by atoms with Gasteiger partial charge in [0.2, 0.25) is 0 Å². The molecular weight excluding hydrogens is 154 g/mol. The van der Waals surface area contributed by atoms with Crippen molar-refractivity contribution in [3.8, 4) is 0 Å². The van der Waals surface area contributed by atoms with E-state index in [1.165, 1.54) is 12.5 Å². The molecule has 0 amide bonds. The fourth-order valence-electron chi connectivity index (χ4n) is 0.994. The number of hydrogen-bond acceptors (Lipinski definition) is 2. The van der Waals surface area contributed by atoms with Crippen molar-refractivity contribution in [2.24, 2.45) is 5.73 Å². The molecule has 0 aliphatic heterocycles. The van der Waals surface area contributed by atoms with E-state index in [9.17, 15) is 0 Å². The van der Waals surface area contributed by atoms with Gasteiger partial charge in [-0.1, -0.05) is 32.0 Å². The van der Waals surface area contributed by atoms with Gasteiger partial charge in [-0.15, -0.1) is 0 Å². The topological polar surface area (TPSA) is 46.2 Å². The van der Waals surface area contributed by atoms with Crippen LogP contribution in [0.4, 0.5) is 0 Å². The summed E-state index contributed by atoms with van der Waals surface area (Å²) >= 11 is 0. The molecule has 0 aromatic rings. The van der Waals surface area contributed by atoms with Gasteiger partial charge in [-0.05, 0) is 12.6 Å². The summed E-state index contributed by atoms with van der Waals surface area (Å²) in [5, 5.41) is 8.54. The minimum Gasteiger partial charge on any atom is -0.396 e. The van der Waals surface area contributed by atoms with Crippen molar-refractivity contribution >= 4 is 8.07 Å². The van der Waals surface area contributed by atoms with Gasteiger partial charge in [0.05, 0.1) is 8.07 Å². The molecule has 11 heavy (non-hydrogen) atoms. The van der Waals surface area contributed by atoms with Gasteiger partial charge >= 0.3 is 0 Å². The number of rotatable bonds is 6. The number of nitrogens with two attached hydrogens (primary N) is 1. The lowest BCUT2D eigenvalue weighted by molar-refractivity contribution is 0.284. The predicted octanol–water partition coefficient (Wildman–Crippen LogP) is 1.36. The molecule has 0 aliphatic carbocycles. The van der Waals surface area contributed by atoms with Crippen LogP contribution in [0, 0.1) is 0 Å². The van der Waals surface area contributed by atoms with Crippen LogP contribution in [-0.4, -0.2) is 26.0 Å². The Kier molecular flexibility index (Phi) is 5.82. The molecule has 0 saturated carbocycles. The van der Waals surface area contributed by atoms with Crippen LogP contribution >= 0.6 is 0 Å². The summed E-state index contributed by atoms with van der Waals surface area (Å²) in [6.07, 6.45) is 4.26. The van der Waals surface area contributed by atoms with Crippen LogP contribution in [0.2, 0.25) is 19.1 Å². The third-order valence-corrected chi connectivity index (χ3v) is 4.88. The third-order valence-electron chi connectivity index (χ3n) is 2.06. The highest BCUT2D eigenvalue weighted by atomic mass is 28.3. The Morgan fingerprint density at radius 1 is 1.18 bits per heavy atom. The van der Waals surface area contributed by atoms with E-state index in [2.05, 4.69) is 13.1 Å². The molecule has 0 radical (unpaired) electrons. The first-order valence-corrected chi connectivity index (χ1v) is 7.85. The second kappa shape index (κ2) is 5.74. The van der Waals surface area contributed by atoms with Gasteiger partial charge in [-0.25, -0.2) is 0 Å². The lowest BCUT2D eigenvalue weighted by Crippen LogP contribution is -2.35. The average molecular weight is 175 g/mol. The molecule has 0 bridgehead atoms. The molecule has 3 N–H and O–H groups in total. The smallest absolute Gasteiger partial charge is 0.0623 e. The van der Waals surface area contributed by atoms with Crippen LogP contribution in [0.1, 0.15) is 19.3 Å². The van der Waals surface area contributed by atoms with E-state index in [1.54, 1.807) is 0 Å². The predicted molar refractivity (Wildman–Crippen MR) is 52.3 cm³/mol. The van der Waals surface area contributed by atoms with Crippen LogP contribution in [0.25, 0.3) is 0 Å². The largest absolute Gasteiger partial charge is 0.396 e. The van der Waals surface area contributed by atoms with Gasteiger partial charge in [0, 0.05) is 6.61 Å². The molecule has 0 aromatic carbocycles. The molecule has 0 fully saturated rings. The van der Waals surface area contributed by atoms with E-state index in [0.29, 0.717) is 6.61 Å². The molecular formula is C8H21NOSi. The molecule has 0 atom stereocenters. The van der Waals surface area contributed by atoms with Crippen LogP contribution in [0.15, 0.2) is 0 Å². The molecule has 0 heterocycles. The van der Waals surface area contributed by atoms with Gasteiger partial charge in [0.1, 0.15) is 0 Å². The normalized spacial score (nSPS) is 12.0. The zero-order valence-electron chi connectivity index (χ0n) is 7.77. The minimum atomic E-state index is -1.03. The lowest BCUT2D eigenvalue weighted by Gasteiger charge is -2.18.